The molecule has 3 aromatic rings. The minimum atomic E-state index is -0.847. The van der Waals surface area contributed by atoms with Gasteiger partial charge in [-0.15, -0.1) is 0 Å². The predicted molar refractivity (Wildman–Crippen MR) is 156 cm³/mol. The summed E-state index contributed by atoms with van der Waals surface area (Å²) >= 11 is 0. The summed E-state index contributed by atoms with van der Waals surface area (Å²) in [6, 6.07) is 22.3. The van der Waals surface area contributed by atoms with Gasteiger partial charge in [-0.3, -0.25) is 9.59 Å². The molecule has 0 fully saturated rings. The lowest BCUT2D eigenvalue weighted by Crippen LogP contribution is -2.53. The van der Waals surface area contributed by atoms with Crippen LogP contribution in [0.1, 0.15) is 62.3 Å². The first-order valence-corrected chi connectivity index (χ1v) is 13.5. The lowest BCUT2D eigenvalue weighted by Gasteiger charge is -2.28. The van der Waals surface area contributed by atoms with Gasteiger partial charge < -0.3 is 20.9 Å². The molecule has 0 radical (unpaired) electrons. The number of amides is 4. The number of carbonyl (C=O) groups is 3. The molecule has 39 heavy (non-hydrogen) atoms. The number of fused-ring (bicyclic) bond motifs is 1. The van der Waals surface area contributed by atoms with Gasteiger partial charge in [0, 0.05) is 22.8 Å². The summed E-state index contributed by atoms with van der Waals surface area (Å²) in [6.45, 7) is 9.59. The van der Waals surface area contributed by atoms with Crippen molar-refractivity contribution in [2.75, 3.05) is 16.8 Å². The third kappa shape index (κ3) is 7.05. The standard InChI is InChI=1S/C32H38N4O3/c1-6-22-15-16-25-26(23-12-8-7-9-13-23)19-27(34-31(39)33-24-14-10-11-21(2)17-24)30(38)36(28(25)18-22)20-29(37)35-32(3,4)5/h7-18,26-27H,6,19-20H2,1-5H3,(H,35,37)(H2,33,34,39). The van der Waals surface area contributed by atoms with E-state index >= 15 is 0 Å². The van der Waals surface area contributed by atoms with E-state index in [4.69, 9.17) is 0 Å². The molecule has 3 N–H and O–H groups in total. The summed E-state index contributed by atoms with van der Waals surface area (Å²) in [4.78, 5) is 41.9. The Hall–Kier alpha value is -4.13. The van der Waals surface area contributed by atoms with Crippen molar-refractivity contribution in [3.8, 4) is 0 Å². The maximum atomic E-state index is 14.1. The van der Waals surface area contributed by atoms with Gasteiger partial charge in [0.05, 0.1) is 0 Å². The van der Waals surface area contributed by atoms with Crippen LogP contribution in [0.4, 0.5) is 16.2 Å². The molecule has 204 valence electrons. The monoisotopic (exact) mass is 526 g/mol. The van der Waals surface area contributed by atoms with Crippen LogP contribution in [0.3, 0.4) is 0 Å². The number of rotatable bonds is 6. The predicted octanol–water partition coefficient (Wildman–Crippen LogP) is 5.53. The summed E-state index contributed by atoms with van der Waals surface area (Å²) in [7, 11) is 0. The van der Waals surface area contributed by atoms with Crippen LogP contribution in [0.15, 0.2) is 72.8 Å². The number of aryl methyl sites for hydroxylation is 2. The van der Waals surface area contributed by atoms with Crippen LogP contribution < -0.4 is 20.9 Å². The third-order valence-electron chi connectivity index (χ3n) is 6.80. The van der Waals surface area contributed by atoms with E-state index < -0.39 is 17.6 Å². The fraction of sp³-hybridized carbons (Fsp3) is 0.344. The number of urea groups is 1. The molecule has 1 aliphatic heterocycles. The fourth-order valence-electron chi connectivity index (χ4n) is 5.04. The lowest BCUT2D eigenvalue weighted by atomic mass is 9.85. The van der Waals surface area contributed by atoms with Crippen molar-refractivity contribution in [3.05, 3.63) is 95.1 Å². The van der Waals surface area contributed by atoms with E-state index in [2.05, 4.69) is 35.0 Å². The Balaban J connectivity index is 1.74. The van der Waals surface area contributed by atoms with E-state index in [0.29, 0.717) is 17.8 Å². The molecule has 2 unspecified atom stereocenters. The van der Waals surface area contributed by atoms with Crippen LogP contribution in [0.5, 0.6) is 0 Å². The van der Waals surface area contributed by atoms with Crippen LogP contribution in [0, 0.1) is 6.92 Å². The molecular weight excluding hydrogens is 488 g/mol. The number of anilines is 2. The van der Waals surface area contributed by atoms with Gasteiger partial charge in [-0.1, -0.05) is 61.5 Å². The molecule has 0 saturated carbocycles. The Labute approximate surface area is 231 Å². The molecule has 4 rings (SSSR count). The minimum Gasteiger partial charge on any atom is -0.350 e. The Morgan fingerprint density at radius 3 is 2.38 bits per heavy atom. The quantitative estimate of drug-likeness (QED) is 0.394. The Kier molecular flexibility index (Phi) is 8.38. The highest BCUT2D eigenvalue weighted by Gasteiger charge is 2.37. The van der Waals surface area contributed by atoms with Gasteiger partial charge in [0.2, 0.25) is 11.8 Å². The van der Waals surface area contributed by atoms with Crippen molar-refractivity contribution in [3.63, 3.8) is 0 Å². The SMILES string of the molecule is CCc1ccc2c(c1)N(CC(=O)NC(C)(C)C)C(=O)C(NC(=O)Nc1cccc(C)c1)CC2c1ccccc1. The smallest absolute Gasteiger partial charge is 0.319 e. The molecule has 0 aliphatic carbocycles. The number of hydrogen-bond acceptors (Lipinski definition) is 3. The second kappa shape index (κ2) is 11.7. The van der Waals surface area contributed by atoms with Crippen molar-refractivity contribution in [1.82, 2.24) is 10.6 Å². The summed E-state index contributed by atoms with van der Waals surface area (Å²) in [6.07, 6.45) is 1.15. The van der Waals surface area contributed by atoms with Crippen LogP contribution in [0.2, 0.25) is 0 Å². The van der Waals surface area contributed by atoms with Gasteiger partial charge in [-0.05, 0) is 81.0 Å². The normalized spacial score (nSPS) is 17.2. The minimum absolute atomic E-state index is 0.143. The highest BCUT2D eigenvalue weighted by atomic mass is 16.2. The van der Waals surface area contributed by atoms with Gasteiger partial charge >= 0.3 is 6.03 Å². The largest absolute Gasteiger partial charge is 0.350 e. The maximum absolute atomic E-state index is 14.1. The molecule has 0 aromatic heterocycles. The zero-order valence-corrected chi connectivity index (χ0v) is 23.4. The molecule has 0 bridgehead atoms. The fourth-order valence-corrected chi connectivity index (χ4v) is 5.04. The zero-order valence-electron chi connectivity index (χ0n) is 23.4. The van der Waals surface area contributed by atoms with Crippen LogP contribution >= 0.6 is 0 Å². The Morgan fingerprint density at radius 2 is 1.72 bits per heavy atom. The first-order valence-electron chi connectivity index (χ1n) is 13.5. The average molecular weight is 527 g/mol. The molecule has 1 heterocycles. The number of hydrogen-bond donors (Lipinski definition) is 3. The van der Waals surface area contributed by atoms with Gasteiger partial charge in [0.15, 0.2) is 0 Å². The Morgan fingerprint density at radius 1 is 0.974 bits per heavy atom. The molecular formula is C32H38N4O3. The van der Waals surface area contributed by atoms with E-state index in [1.54, 1.807) is 6.07 Å². The van der Waals surface area contributed by atoms with E-state index in [1.807, 2.05) is 82.3 Å². The molecule has 4 amide bonds. The first-order chi connectivity index (χ1) is 18.5. The molecule has 3 aromatic carbocycles. The van der Waals surface area contributed by atoms with Crippen molar-refractivity contribution in [2.24, 2.45) is 0 Å². The van der Waals surface area contributed by atoms with E-state index in [9.17, 15) is 14.4 Å². The van der Waals surface area contributed by atoms with E-state index in [1.165, 1.54) is 4.90 Å². The van der Waals surface area contributed by atoms with Crippen molar-refractivity contribution in [2.45, 2.75) is 65.0 Å². The third-order valence-corrected chi connectivity index (χ3v) is 6.80. The highest BCUT2D eigenvalue weighted by molar-refractivity contribution is 6.05. The molecule has 0 saturated heterocycles. The molecule has 1 aliphatic rings. The molecule has 0 spiro atoms. The molecule has 2 atom stereocenters. The van der Waals surface area contributed by atoms with Gasteiger partial charge in [0.1, 0.15) is 12.6 Å². The number of benzene rings is 3. The van der Waals surface area contributed by atoms with E-state index in [0.717, 1.165) is 28.7 Å². The Bertz CT molecular complexity index is 1350. The summed E-state index contributed by atoms with van der Waals surface area (Å²) in [5.41, 5.74) is 4.99. The van der Waals surface area contributed by atoms with Gasteiger partial charge in [-0.25, -0.2) is 4.79 Å². The van der Waals surface area contributed by atoms with E-state index in [-0.39, 0.29) is 24.3 Å². The topological polar surface area (TPSA) is 90.5 Å². The second-order valence-electron chi connectivity index (χ2n) is 11.2. The summed E-state index contributed by atoms with van der Waals surface area (Å²) in [5, 5.41) is 8.74. The van der Waals surface area contributed by atoms with Gasteiger partial charge in [-0.2, -0.15) is 0 Å². The zero-order chi connectivity index (χ0) is 28.2. The number of carbonyl (C=O) groups excluding carboxylic acids is 3. The van der Waals surface area contributed by atoms with Gasteiger partial charge in [0.25, 0.3) is 0 Å². The molecule has 7 nitrogen and oxygen atoms in total. The van der Waals surface area contributed by atoms with Crippen molar-refractivity contribution < 1.29 is 14.4 Å². The summed E-state index contributed by atoms with van der Waals surface area (Å²) < 4.78 is 0. The number of nitrogens with zero attached hydrogens (tertiary/aromatic N) is 1. The van der Waals surface area contributed by atoms with Crippen LogP contribution in [-0.2, 0) is 16.0 Å². The highest BCUT2D eigenvalue weighted by Crippen LogP contribution is 2.40. The van der Waals surface area contributed by atoms with Crippen LogP contribution in [-0.4, -0.2) is 36.0 Å². The summed E-state index contributed by atoms with van der Waals surface area (Å²) in [5.74, 6) is -0.729. The lowest BCUT2D eigenvalue weighted by molar-refractivity contribution is -0.125. The molecule has 7 heteroatoms. The van der Waals surface area contributed by atoms with Crippen molar-refractivity contribution >= 4 is 29.2 Å². The van der Waals surface area contributed by atoms with Crippen molar-refractivity contribution in [1.29, 1.82) is 0 Å². The number of nitrogens with one attached hydrogen (secondary N) is 3. The second-order valence-corrected chi connectivity index (χ2v) is 11.2. The first kappa shape index (κ1) is 27.9. The van der Waals surface area contributed by atoms with Crippen LogP contribution in [0.25, 0.3) is 0 Å². The average Bonchev–Trinajstić information content (AvgIpc) is 2.98. The maximum Gasteiger partial charge on any atom is 0.319 e.